The summed E-state index contributed by atoms with van der Waals surface area (Å²) < 4.78 is 10.8. The first-order chi connectivity index (χ1) is 14.3. The number of fused-ring (bicyclic) bond motifs is 1. The van der Waals surface area contributed by atoms with Crippen LogP contribution in [0.15, 0.2) is 24.3 Å². The lowest BCUT2D eigenvalue weighted by Gasteiger charge is -2.13. The van der Waals surface area contributed by atoms with Crippen LogP contribution in [0.25, 0.3) is 11.2 Å². The Kier molecular flexibility index (Phi) is 6.36. The minimum Gasteiger partial charge on any atom is -0.469 e. The van der Waals surface area contributed by atoms with Crippen molar-refractivity contribution in [2.75, 3.05) is 14.2 Å². The number of carbonyl (C=O) groups excluding carboxylic acids is 3. The number of methoxy groups -OCH3 is 2. The Balaban J connectivity index is 2.09. The highest BCUT2D eigenvalue weighted by Crippen LogP contribution is 2.26. The minimum atomic E-state index is -1.47. The average molecular weight is 432 g/mol. The zero-order valence-corrected chi connectivity index (χ0v) is 17.2. The molecule has 0 unspecified atom stereocenters. The molecule has 1 aromatic carbocycles. The number of benzene rings is 1. The Morgan fingerprint density at radius 2 is 1.87 bits per heavy atom. The molecule has 0 saturated carbocycles. The quantitative estimate of drug-likeness (QED) is 0.405. The number of hydrogen-bond donors (Lipinski definition) is 0. The molecule has 0 radical (unpaired) electrons. The molecule has 2 heterocycles. The second kappa shape index (κ2) is 8.95. The molecule has 0 fully saturated rings. The van der Waals surface area contributed by atoms with E-state index in [-0.39, 0.29) is 17.8 Å². The van der Waals surface area contributed by atoms with Gasteiger partial charge in [0.25, 0.3) is 0 Å². The fraction of sp³-hybridized carbons (Fsp3) is 0.316. The summed E-state index contributed by atoms with van der Waals surface area (Å²) in [5.41, 5.74) is 1.28. The first-order valence-electron chi connectivity index (χ1n) is 8.84. The van der Waals surface area contributed by atoms with Crippen LogP contribution in [0.4, 0.5) is 0 Å². The molecule has 30 heavy (non-hydrogen) atoms. The summed E-state index contributed by atoms with van der Waals surface area (Å²) in [6.07, 6.45) is -0.616. The lowest BCUT2D eigenvalue weighted by Crippen LogP contribution is -2.27. The van der Waals surface area contributed by atoms with Crippen molar-refractivity contribution >= 4 is 40.5 Å². The van der Waals surface area contributed by atoms with Gasteiger partial charge in [-0.1, -0.05) is 35.0 Å². The highest BCUT2D eigenvalue weighted by atomic mass is 35.5. The van der Waals surface area contributed by atoms with E-state index in [9.17, 15) is 14.4 Å². The predicted octanol–water partition coefficient (Wildman–Crippen LogP) is 1.62. The van der Waals surface area contributed by atoms with Gasteiger partial charge in [-0.2, -0.15) is 0 Å². The van der Waals surface area contributed by atoms with Crippen molar-refractivity contribution in [1.82, 2.24) is 25.0 Å². The molecule has 2 aromatic heterocycles. The van der Waals surface area contributed by atoms with Gasteiger partial charge < -0.3 is 9.47 Å². The van der Waals surface area contributed by atoms with Crippen molar-refractivity contribution in [1.29, 1.82) is 0 Å². The van der Waals surface area contributed by atoms with E-state index in [1.54, 1.807) is 13.0 Å². The van der Waals surface area contributed by atoms with Crippen LogP contribution in [0, 0.1) is 6.92 Å². The van der Waals surface area contributed by atoms with Gasteiger partial charge in [-0.05, 0) is 18.6 Å². The molecule has 0 aliphatic carbocycles. The molecular formula is C19H18ClN5O5. The van der Waals surface area contributed by atoms with Crippen LogP contribution < -0.4 is 0 Å². The van der Waals surface area contributed by atoms with Crippen LogP contribution in [0.2, 0.25) is 5.02 Å². The monoisotopic (exact) mass is 431 g/mol. The third kappa shape index (κ3) is 4.28. The minimum absolute atomic E-state index is 0.0173. The molecule has 0 aliphatic heterocycles. The van der Waals surface area contributed by atoms with Gasteiger partial charge in [-0.15, -0.1) is 5.10 Å². The number of hydrogen-bond acceptors (Lipinski definition) is 9. The Morgan fingerprint density at radius 3 is 2.53 bits per heavy atom. The third-order valence-corrected chi connectivity index (χ3v) is 4.73. The maximum Gasteiger partial charge on any atom is 0.322 e. The molecule has 0 N–H and O–H groups in total. The number of esters is 2. The predicted molar refractivity (Wildman–Crippen MR) is 105 cm³/mol. The number of ether oxygens (including phenoxy) is 2. The highest BCUT2D eigenvalue weighted by Gasteiger charge is 2.35. The number of halogens is 1. The first kappa shape index (κ1) is 21.3. The van der Waals surface area contributed by atoms with Gasteiger partial charge in [-0.25, -0.2) is 14.6 Å². The summed E-state index contributed by atoms with van der Waals surface area (Å²) in [5, 5.41) is 8.71. The van der Waals surface area contributed by atoms with Crippen molar-refractivity contribution in [2.24, 2.45) is 0 Å². The zero-order valence-electron chi connectivity index (χ0n) is 16.5. The normalized spacial score (nSPS) is 11.9. The summed E-state index contributed by atoms with van der Waals surface area (Å²) in [7, 11) is 2.29. The van der Waals surface area contributed by atoms with E-state index in [0.29, 0.717) is 16.5 Å². The summed E-state index contributed by atoms with van der Waals surface area (Å²) in [6.45, 7) is 1.87. The van der Waals surface area contributed by atoms with Crippen LogP contribution >= 0.6 is 11.6 Å². The van der Waals surface area contributed by atoms with E-state index in [0.717, 1.165) is 19.8 Å². The van der Waals surface area contributed by atoms with E-state index in [1.165, 1.54) is 4.68 Å². The number of nitrogens with zero attached hydrogens (tertiary/aromatic N) is 5. The maximum atomic E-state index is 12.7. The molecule has 11 heteroatoms. The Hall–Kier alpha value is -3.40. The van der Waals surface area contributed by atoms with E-state index in [2.05, 4.69) is 25.0 Å². The maximum absolute atomic E-state index is 12.7. The van der Waals surface area contributed by atoms with Gasteiger partial charge in [0.15, 0.2) is 22.9 Å². The fourth-order valence-electron chi connectivity index (χ4n) is 2.92. The second-order valence-corrected chi connectivity index (χ2v) is 6.75. The van der Waals surface area contributed by atoms with Crippen LogP contribution in [0.3, 0.4) is 0 Å². The number of Topliss-reactive ketones (excluding diaryl/α,β-unsaturated/α-hetero) is 1. The number of aromatic nitrogens is 5. The Morgan fingerprint density at radius 1 is 1.13 bits per heavy atom. The SMILES string of the molecule is COC(=O)CC(=O)[C@@H](C(=O)OC)c1nc(C)nc2c1nnn2Cc1ccccc1Cl. The molecule has 3 rings (SSSR count). The van der Waals surface area contributed by atoms with Crippen molar-refractivity contribution in [3.8, 4) is 0 Å². The molecule has 0 saturated heterocycles. The van der Waals surface area contributed by atoms with Crippen LogP contribution in [0.1, 0.15) is 29.4 Å². The van der Waals surface area contributed by atoms with Crippen LogP contribution in [-0.2, 0) is 30.4 Å². The van der Waals surface area contributed by atoms with Gasteiger partial charge in [0.2, 0.25) is 0 Å². The fourth-order valence-corrected chi connectivity index (χ4v) is 3.11. The van der Waals surface area contributed by atoms with Gasteiger partial charge in [-0.3, -0.25) is 14.4 Å². The van der Waals surface area contributed by atoms with Crippen molar-refractivity contribution in [3.05, 3.63) is 46.4 Å². The lowest BCUT2D eigenvalue weighted by atomic mass is 9.96. The van der Waals surface area contributed by atoms with E-state index >= 15 is 0 Å². The molecule has 1 atom stereocenters. The average Bonchev–Trinajstić information content (AvgIpc) is 3.12. The van der Waals surface area contributed by atoms with Gasteiger partial charge in [0.05, 0.1) is 26.5 Å². The van der Waals surface area contributed by atoms with Crippen molar-refractivity contribution < 1.29 is 23.9 Å². The molecule has 10 nitrogen and oxygen atoms in total. The Labute approximate surface area is 176 Å². The molecule has 0 bridgehead atoms. The number of ketones is 1. The van der Waals surface area contributed by atoms with E-state index in [1.807, 2.05) is 18.2 Å². The highest BCUT2D eigenvalue weighted by molar-refractivity contribution is 6.31. The Bertz CT molecular complexity index is 1130. The standard InChI is InChI=1S/C19H18ClN5O5/c1-10-21-16(15(19(28)30-3)13(26)8-14(27)29-2)17-18(22-10)25(24-23-17)9-11-6-4-5-7-12(11)20/h4-7,15H,8-9H2,1-3H3/t15-/m1/s1. The topological polar surface area (TPSA) is 126 Å². The van der Waals surface area contributed by atoms with E-state index in [4.69, 9.17) is 16.3 Å². The van der Waals surface area contributed by atoms with Crippen molar-refractivity contribution in [3.63, 3.8) is 0 Å². The zero-order chi connectivity index (χ0) is 21.8. The van der Waals surface area contributed by atoms with Crippen LogP contribution in [-0.4, -0.2) is 56.9 Å². The van der Waals surface area contributed by atoms with Gasteiger partial charge in [0.1, 0.15) is 12.2 Å². The third-order valence-electron chi connectivity index (χ3n) is 4.36. The molecule has 0 amide bonds. The lowest BCUT2D eigenvalue weighted by molar-refractivity contribution is -0.148. The summed E-state index contributed by atoms with van der Waals surface area (Å²) in [6, 6.07) is 7.23. The molecule has 0 aliphatic rings. The first-order valence-corrected chi connectivity index (χ1v) is 9.22. The van der Waals surface area contributed by atoms with E-state index < -0.39 is 30.1 Å². The van der Waals surface area contributed by atoms with Gasteiger partial charge >= 0.3 is 11.9 Å². The number of rotatable bonds is 7. The molecule has 3 aromatic rings. The number of carbonyl (C=O) groups is 3. The summed E-state index contributed by atoms with van der Waals surface area (Å²) in [5.74, 6) is -3.56. The second-order valence-electron chi connectivity index (χ2n) is 6.34. The van der Waals surface area contributed by atoms with Crippen molar-refractivity contribution in [2.45, 2.75) is 25.8 Å². The summed E-state index contributed by atoms with van der Waals surface area (Å²) in [4.78, 5) is 45.2. The van der Waals surface area contributed by atoms with Gasteiger partial charge in [0, 0.05) is 5.02 Å². The molecule has 156 valence electrons. The largest absolute Gasteiger partial charge is 0.469 e. The smallest absolute Gasteiger partial charge is 0.322 e. The molecule has 0 spiro atoms. The molecular weight excluding hydrogens is 414 g/mol. The summed E-state index contributed by atoms with van der Waals surface area (Å²) >= 11 is 6.23. The number of aryl methyl sites for hydroxylation is 1. The van der Waals surface area contributed by atoms with Crippen LogP contribution in [0.5, 0.6) is 0 Å².